The third-order valence-electron chi connectivity index (χ3n) is 2.62. The van der Waals surface area contributed by atoms with Gasteiger partial charge in [-0.1, -0.05) is 30.3 Å². The lowest BCUT2D eigenvalue weighted by Crippen LogP contribution is -2.33. The van der Waals surface area contributed by atoms with Gasteiger partial charge in [-0.05, 0) is 0 Å². The number of benzene rings is 1. The molecule has 1 N–H and O–H groups in total. The summed E-state index contributed by atoms with van der Waals surface area (Å²) in [6.45, 7) is -1.47. The molecule has 0 saturated carbocycles. The second-order valence-electron chi connectivity index (χ2n) is 4.43. The summed E-state index contributed by atoms with van der Waals surface area (Å²) in [5.41, 5.74) is 1.72. The van der Waals surface area contributed by atoms with Crippen LogP contribution in [0.5, 0.6) is 0 Å². The number of halogens is 3. The highest BCUT2D eigenvalue weighted by atomic mass is 32.1. The van der Waals surface area contributed by atoms with Crippen LogP contribution < -0.4 is 5.32 Å². The third-order valence-corrected chi connectivity index (χ3v) is 3.47. The summed E-state index contributed by atoms with van der Waals surface area (Å²) < 4.78 is 35.8. The normalized spacial score (nSPS) is 11.6. The summed E-state index contributed by atoms with van der Waals surface area (Å²) in [7, 11) is 0. The average molecular weight is 314 g/mol. The van der Waals surface area contributed by atoms with Gasteiger partial charge in [0.05, 0.1) is 25.2 Å². The van der Waals surface area contributed by atoms with Crippen molar-refractivity contribution >= 4 is 17.1 Å². The van der Waals surface area contributed by atoms with Crippen molar-refractivity contribution in [2.75, 3.05) is 13.1 Å². The first-order chi connectivity index (χ1) is 9.94. The van der Waals surface area contributed by atoms with Crippen LogP contribution >= 0.6 is 11.3 Å². The Morgan fingerprint density at radius 1 is 1.24 bits per heavy atom. The molecule has 0 unspecified atom stereocenters. The number of carbonyl (C=O) groups is 1. The van der Waals surface area contributed by atoms with Gasteiger partial charge >= 0.3 is 6.18 Å². The van der Waals surface area contributed by atoms with Crippen molar-refractivity contribution in [1.29, 1.82) is 0 Å². The van der Waals surface area contributed by atoms with Crippen molar-refractivity contribution in [3.8, 4) is 11.3 Å². The van der Waals surface area contributed by atoms with Crippen molar-refractivity contribution < 1.29 is 18.0 Å². The number of Topliss-reactive ketones (excluding diaryl/α,β-unsaturated/α-hetero) is 1. The minimum atomic E-state index is -4.30. The quantitative estimate of drug-likeness (QED) is 0.891. The minimum absolute atomic E-state index is 0.0440. The van der Waals surface area contributed by atoms with E-state index in [2.05, 4.69) is 10.3 Å². The number of nitrogens with zero attached hydrogens (tertiary/aromatic N) is 1. The Kier molecular flexibility index (Phi) is 5.08. The molecule has 3 nitrogen and oxygen atoms in total. The molecule has 0 saturated heterocycles. The number of thiazole rings is 1. The van der Waals surface area contributed by atoms with Crippen molar-refractivity contribution in [2.45, 2.75) is 12.6 Å². The Bertz CT molecular complexity index is 596. The van der Waals surface area contributed by atoms with Gasteiger partial charge in [-0.3, -0.25) is 4.79 Å². The molecule has 112 valence electrons. The van der Waals surface area contributed by atoms with Gasteiger partial charge in [0.1, 0.15) is 5.01 Å². The lowest BCUT2D eigenvalue weighted by molar-refractivity contribution is -0.127. The summed E-state index contributed by atoms with van der Waals surface area (Å²) in [6.07, 6.45) is -4.26. The Labute approximate surface area is 123 Å². The molecule has 7 heteroatoms. The fourth-order valence-electron chi connectivity index (χ4n) is 1.71. The summed E-state index contributed by atoms with van der Waals surface area (Å²) in [4.78, 5) is 15.9. The van der Waals surface area contributed by atoms with E-state index in [1.54, 1.807) is 0 Å². The number of hydrogen-bond acceptors (Lipinski definition) is 4. The summed E-state index contributed by atoms with van der Waals surface area (Å²) in [5, 5.41) is 4.52. The molecule has 0 aliphatic carbocycles. The Morgan fingerprint density at radius 2 is 1.95 bits per heavy atom. The van der Waals surface area contributed by atoms with Crippen LogP contribution in [0.4, 0.5) is 13.2 Å². The Balaban J connectivity index is 1.87. The van der Waals surface area contributed by atoms with Crippen LogP contribution in [0.15, 0.2) is 35.7 Å². The molecule has 0 amide bonds. The maximum absolute atomic E-state index is 11.9. The Morgan fingerprint density at radius 3 is 2.62 bits per heavy atom. The first-order valence-electron chi connectivity index (χ1n) is 6.23. The molecular weight excluding hydrogens is 301 g/mol. The highest BCUT2D eigenvalue weighted by molar-refractivity contribution is 7.10. The number of alkyl halides is 3. The highest BCUT2D eigenvalue weighted by Gasteiger charge is 2.26. The average Bonchev–Trinajstić information content (AvgIpc) is 2.86. The maximum Gasteiger partial charge on any atom is 0.401 e. The molecule has 21 heavy (non-hydrogen) atoms. The van der Waals surface area contributed by atoms with E-state index in [0.717, 1.165) is 11.3 Å². The van der Waals surface area contributed by atoms with Crippen molar-refractivity contribution in [3.05, 3.63) is 40.7 Å². The standard InChI is InChI=1S/C14H13F3N2OS/c15-14(16,17)9-18-7-11(20)6-13-19-12(8-21-13)10-4-2-1-3-5-10/h1-5,8,18H,6-7,9H2. The van der Waals surface area contributed by atoms with Crippen LogP contribution in [-0.2, 0) is 11.2 Å². The number of carbonyl (C=O) groups excluding carboxylic acids is 1. The van der Waals surface area contributed by atoms with Gasteiger partial charge in [-0.25, -0.2) is 4.98 Å². The first-order valence-corrected chi connectivity index (χ1v) is 7.11. The smallest absolute Gasteiger partial charge is 0.302 e. The molecule has 2 rings (SSSR count). The molecule has 0 aliphatic rings. The van der Waals surface area contributed by atoms with Crippen LogP contribution in [0.3, 0.4) is 0 Å². The van der Waals surface area contributed by atoms with E-state index in [-0.39, 0.29) is 18.7 Å². The fourth-order valence-corrected chi connectivity index (χ4v) is 2.54. The van der Waals surface area contributed by atoms with Gasteiger partial charge in [0, 0.05) is 10.9 Å². The molecule has 0 bridgehead atoms. The largest absolute Gasteiger partial charge is 0.401 e. The predicted molar refractivity (Wildman–Crippen MR) is 75.2 cm³/mol. The van der Waals surface area contributed by atoms with E-state index in [4.69, 9.17) is 0 Å². The van der Waals surface area contributed by atoms with Gasteiger partial charge in [0.2, 0.25) is 0 Å². The molecule has 1 heterocycles. The van der Waals surface area contributed by atoms with E-state index >= 15 is 0 Å². The van der Waals surface area contributed by atoms with Crippen molar-refractivity contribution in [3.63, 3.8) is 0 Å². The van der Waals surface area contributed by atoms with Crippen LogP contribution in [0, 0.1) is 0 Å². The van der Waals surface area contributed by atoms with E-state index in [1.165, 1.54) is 11.3 Å². The van der Waals surface area contributed by atoms with E-state index in [0.29, 0.717) is 5.01 Å². The van der Waals surface area contributed by atoms with E-state index < -0.39 is 12.7 Å². The topological polar surface area (TPSA) is 42.0 Å². The van der Waals surface area contributed by atoms with Gasteiger partial charge < -0.3 is 5.32 Å². The number of hydrogen-bond donors (Lipinski definition) is 1. The molecule has 0 aliphatic heterocycles. The number of ketones is 1. The highest BCUT2D eigenvalue weighted by Crippen LogP contribution is 2.21. The fraction of sp³-hybridized carbons (Fsp3) is 0.286. The molecule has 0 atom stereocenters. The van der Waals surface area contributed by atoms with Crippen molar-refractivity contribution in [2.24, 2.45) is 0 Å². The second kappa shape index (κ2) is 6.82. The molecule has 0 spiro atoms. The Hall–Kier alpha value is -1.73. The minimum Gasteiger partial charge on any atom is -0.302 e. The number of aromatic nitrogens is 1. The van der Waals surface area contributed by atoms with Gasteiger partial charge in [0.25, 0.3) is 0 Å². The zero-order valence-corrected chi connectivity index (χ0v) is 11.8. The van der Waals surface area contributed by atoms with Gasteiger partial charge in [0.15, 0.2) is 5.78 Å². The zero-order chi connectivity index (χ0) is 15.3. The molecule has 0 fully saturated rings. The third kappa shape index (κ3) is 5.28. The molecule has 0 radical (unpaired) electrons. The van der Waals surface area contributed by atoms with Crippen LogP contribution in [0.1, 0.15) is 5.01 Å². The molecule has 1 aromatic heterocycles. The molecule has 2 aromatic rings. The predicted octanol–water partition coefficient (Wildman–Crippen LogP) is 3.07. The lowest BCUT2D eigenvalue weighted by Gasteiger charge is -2.06. The van der Waals surface area contributed by atoms with E-state index in [9.17, 15) is 18.0 Å². The maximum atomic E-state index is 11.9. The van der Waals surface area contributed by atoms with Gasteiger partial charge in [-0.15, -0.1) is 11.3 Å². The SMILES string of the molecule is O=C(CNCC(F)(F)F)Cc1nc(-c2ccccc2)cs1. The van der Waals surface area contributed by atoms with E-state index in [1.807, 2.05) is 35.7 Å². The second-order valence-corrected chi connectivity index (χ2v) is 5.37. The lowest BCUT2D eigenvalue weighted by atomic mass is 10.2. The zero-order valence-electron chi connectivity index (χ0n) is 11.0. The summed E-state index contributed by atoms with van der Waals surface area (Å²) in [5.74, 6) is -0.312. The number of nitrogens with one attached hydrogen (secondary N) is 1. The summed E-state index contributed by atoms with van der Waals surface area (Å²) in [6, 6.07) is 9.49. The number of rotatable bonds is 6. The van der Waals surface area contributed by atoms with Gasteiger partial charge in [-0.2, -0.15) is 13.2 Å². The van der Waals surface area contributed by atoms with Crippen molar-refractivity contribution in [1.82, 2.24) is 10.3 Å². The summed E-state index contributed by atoms with van der Waals surface area (Å²) >= 11 is 1.33. The molecule has 1 aromatic carbocycles. The van der Waals surface area contributed by atoms with Crippen LogP contribution in [0.2, 0.25) is 0 Å². The van der Waals surface area contributed by atoms with Crippen LogP contribution in [0.25, 0.3) is 11.3 Å². The molecular formula is C14H13F3N2OS. The van der Waals surface area contributed by atoms with Crippen LogP contribution in [-0.4, -0.2) is 30.0 Å². The first kappa shape index (κ1) is 15.7. The monoisotopic (exact) mass is 314 g/mol.